The third-order valence-corrected chi connectivity index (χ3v) is 4.19. The normalized spacial score (nSPS) is 14.9. The summed E-state index contributed by atoms with van der Waals surface area (Å²) in [7, 11) is 7.53. The van der Waals surface area contributed by atoms with Crippen LogP contribution in [0.5, 0.6) is 17.2 Å². The van der Waals surface area contributed by atoms with E-state index in [2.05, 4.69) is 0 Å². The molecule has 2 amide bonds. The molecule has 0 saturated carbocycles. The minimum Gasteiger partial charge on any atom is -0.493 e. The lowest BCUT2D eigenvalue weighted by Gasteiger charge is -2.31. The van der Waals surface area contributed by atoms with Crippen molar-refractivity contribution in [1.82, 2.24) is 9.80 Å². The molecule has 1 aromatic rings. The number of ether oxygens (including phenoxy) is 3. The van der Waals surface area contributed by atoms with E-state index < -0.39 is 11.8 Å². The standard InChI is InChI=1S/C16H18N2O5S/c1-17-14(19)10(15(20)18(2)16(17)24)6-9-7-11(21-3)13(23-5)12(8-9)22-4/h6-8H,1-5H3. The summed E-state index contributed by atoms with van der Waals surface area (Å²) in [6, 6.07) is 3.31. The van der Waals surface area contributed by atoms with Crippen LogP contribution in [0, 0.1) is 0 Å². The van der Waals surface area contributed by atoms with Gasteiger partial charge in [0.15, 0.2) is 16.6 Å². The van der Waals surface area contributed by atoms with Crippen molar-refractivity contribution in [3.63, 3.8) is 0 Å². The molecule has 1 fully saturated rings. The Morgan fingerprint density at radius 2 is 1.38 bits per heavy atom. The number of likely N-dealkylation sites (N-methyl/N-ethyl adjacent to an activating group) is 2. The van der Waals surface area contributed by atoms with Gasteiger partial charge in [0.2, 0.25) is 5.75 Å². The Labute approximate surface area is 145 Å². The van der Waals surface area contributed by atoms with Crippen LogP contribution in [0.4, 0.5) is 0 Å². The number of hydrogen-bond acceptors (Lipinski definition) is 6. The molecule has 1 saturated heterocycles. The van der Waals surface area contributed by atoms with Crippen LogP contribution in [0.25, 0.3) is 6.08 Å². The van der Waals surface area contributed by atoms with Gasteiger partial charge in [-0.2, -0.15) is 0 Å². The molecule has 0 unspecified atom stereocenters. The van der Waals surface area contributed by atoms with Crippen LogP contribution in [0.3, 0.4) is 0 Å². The molecular weight excluding hydrogens is 332 g/mol. The van der Waals surface area contributed by atoms with Crippen LogP contribution in [0.1, 0.15) is 5.56 Å². The molecular formula is C16H18N2O5S. The molecule has 7 nitrogen and oxygen atoms in total. The van der Waals surface area contributed by atoms with Crippen LogP contribution in [0.2, 0.25) is 0 Å². The highest BCUT2D eigenvalue weighted by Crippen LogP contribution is 2.38. The molecule has 2 rings (SSSR count). The lowest BCUT2D eigenvalue weighted by molar-refractivity contribution is -0.132. The average Bonchev–Trinajstić information content (AvgIpc) is 2.60. The molecule has 0 aromatic heterocycles. The molecule has 0 aliphatic carbocycles. The van der Waals surface area contributed by atoms with Crippen molar-refractivity contribution >= 4 is 35.2 Å². The number of methoxy groups -OCH3 is 3. The maximum absolute atomic E-state index is 12.4. The lowest BCUT2D eigenvalue weighted by Crippen LogP contribution is -2.52. The van der Waals surface area contributed by atoms with E-state index in [0.29, 0.717) is 22.8 Å². The number of benzene rings is 1. The molecule has 0 spiro atoms. The van der Waals surface area contributed by atoms with Gasteiger partial charge in [-0.15, -0.1) is 0 Å². The fourth-order valence-corrected chi connectivity index (χ4v) is 2.49. The molecule has 8 heteroatoms. The first-order valence-corrected chi connectivity index (χ1v) is 7.38. The van der Waals surface area contributed by atoms with E-state index in [9.17, 15) is 9.59 Å². The topological polar surface area (TPSA) is 68.3 Å². The summed E-state index contributed by atoms with van der Waals surface area (Å²) in [5.41, 5.74) is 0.568. The molecule has 0 atom stereocenters. The van der Waals surface area contributed by atoms with Crippen molar-refractivity contribution in [3.05, 3.63) is 23.3 Å². The van der Waals surface area contributed by atoms with Crippen molar-refractivity contribution in [2.24, 2.45) is 0 Å². The van der Waals surface area contributed by atoms with Crippen LogP contribution < -0.4 is 14.2 Å². The predicted molar refractivity (Wildman–Crippen MR) is 92.2 cm³/mol. The summed E-state index contributed by atoms with van der Waals surface area (Å²) in [6.45, 7) is 0. The van der Waals surface area contributed by atoms with Crippen LogP contribution >= 0.6 is 12.2 Å². The summed E-state index contributed by atoms with van der Waals surface area (Å²) in [6.07, 6.45) is 1.48. The zero-order chi connectivity index (χ0) is 18.0. The Morgan fingerprint density at radius 3 is 1.75 bits per heavy atom. The van der Waals surface area contributed by atoms with Crippen molar-refractivity contribution in [3.8, 4) is 17.2 Å². The molecule has 1 aliphatic heterocycles. The van der Waals surface area contributed by atoms with E-state index in [0.717, 1.165) is 0 Å². The number of carbonyl (C=O) groups excluding carboxylic acids is 2. The Bertz CT molecular complexity index is 693. The van der Waals surface area contributed by atoms with Crippen LogP contribution in [0.15, 0.2) is 17.7 Å². The van der Waals surface area contributed by atoms with Crippen LogP contribution in [-0.2, 0) is 9.59 Å². The van der Waals surface area contributed by atoms with E-state index in [4.69, 9.17) is 26.4 Å². The van der Waals surface area contributed by atoms with Crippen molar-refractivity contribution in [2.75, 3.05) is 35.4 Å². The van der Waals surface area contributed by atoms with Gasteiger partial charge in [-0.25, -0.2) is 0 Å². The molecule has 0 N–H and O–H groups in total. The quantitative estimate of drug-likeness (QED) is 0.463. The number of rotatable bonds is 4. The number of hydrogen-bond donors (Lipinski definition) is 0. The Kier molecular flexibility index (Phi) is 5.08. The first-order valence-electron chi connectivity index (χ1n) is 6.97. The molecule has 1 aromatic carbocycles. The SMILES string of the molecule is COc1cc(C=C2C(=O)N(C)C(=S)N(C)C2=O)cc(OC)c1OC. The monoisotopic (exact) mass is 350 g/mol. The Hall–Kier alpha value is -2.61. The Morgan fingerprint density at radius 1 is 0.917 bits per heavy atom. The van der Waals surface area contributed by atoms with Gasteiger partial charge in [-0.05, 0) is 36.0 Å². The van der Waals surface area contributed by atoms with Gasteiger partial charge < -0.3 is 14.2 Å². The van der Waals surface area contributed by atoms with Crippen molar-refractivity contribution in [2.45, 2.75) is 0 Å². The van der Waals surface area contributed by atoms with Crippen LogP contribution in [-0.4, -0.2) is 62.2 Å². The van der Waals surface area contributed by atoms with E-state index in [1.165, 1.54) is 51.3 Å². The van der Waals surface area contributed by atoms with E-state index in [1.807, 2.05) is 0 Å². The fraction of sp³-hybridized carbons (Fsp3) is 0.312. The zero-order valence-electron chi connectivity index (χ0n) is 14.1. The second-order valence-electron chi connectivity index (χ2n) is 5.03. The molecule has 0 radical (unpaired) electrons. The summed E-state index contributed by atoms with van der Waals surface area (Å²) < 4.78 is 15.8. The molecule has 128 valence electrons. The molecule has 1 heterocycles. The van der Waals surface area contributed by atoms with Gasteiger partial charge in [-0.3, -0.25) is 19.4 Å². The van der Waals surface area contributed by atoms with Crippen molar-refractivity contribution in [1.29, 1.82) is 0 Å². The minimum atomic E-state index is -0.461. The highest BCUT2D eigenvalue weighted by Gasteiger charge is 2.35. The maximum Gasteiger partial charge on any atom is 0.265 e. The van der Waals surface area contributed by atoms with E-state index >= 15 is 0 Å². The first-order chi connectivity index (χ1) is 11.3. The largest absolute Gasteiger partial charge is 0.493 e. The zero-order valence-corrected chi connectivity index (χ0v) is 14.9. The molecule has 24 heavy (non-hydrogen) atoms. The van der Waals surface area contributed by atoms with E-state index in [1.54, 1.807) is 12.1 Å². The molecule has 1 aliphatic rings. The third-order valence-electron chi connectivity index (χ3n) is 3.64. The third kappa shape index (κ3) is 2.92. The van der Waals surface area contributed by atoms with Crippen molar-refractivity contribution < 1.29 is 23.8 Å². The summed E-state index contributed by atoms with van der Waals surface area (Å²) in [5.74, 6) is 0.362. The maximum atomic E-state index is 12.4. The minimum absolute atomic E-state index is 0.00266. The highest BCUT2D eigenvalue weighted by atomic mass is 32.1. The average molecular weight is 350 g/mol. The fourth-order valence-electron chi connectivity index (χ4n) is 2.33. The van der Waals surface area contributed by atoms with Gasteiger partial charge in [0, 0.05) is 14.1 Å². The molecule has 0 bridgehead atoms. The second kappa shape index (κ2) is 6.88. The number of thiocarbonyl (C=S) groups is 1. The number of carbonyl (C=O) groups is 2. The highest BCUT2D eigenvalue weighted by molar-refractivity contribution is 7.80. The summed E-state index contributed by atoms with van der Waals surface area (Å²) in [4.78, 5) is 27.2. The van der Waals surface area contributed by atoms with E-state index in [-0.39, 0.29) is 10.7 Å². The number of nitrogens with zero attached hydrogens (tertiary/aromatic N) is 2. The Balaban J connectivity index is 2.56. The smallest absolute Gasteiger partial charge is 0.265 e. The van der Waals surface area contributed by atoms with Gasteiger partial charge >= 0.3 is 0 Å². The van der Waals surface area contributed by atoms with Gasteiger partial charge in [0.05, 0.1) is 21.3 Å². The number of amides is 2. The predicted octanol–water partition coefficient (Wildman–Crippen LogP) is 1.31. The van der Waals surface area contributed by atoms with Gasteiger partial charge in [-0.1, -0.05) is 0 Å². The van der Waals surface area contributed by atoms with Gasteiger partial charge in [0.1, 0.15) is 5.57 Å². The first kappa shape index (κ1) is 17.7. The summed E-state index contributed by atoms with van der Waals surface area (Å²) in [5, 5.41) is 0.159. The lowest BCUT2D eigenvalue weighted by atomic mass is 10.1. The summed E-state index contributed by atoms with van der Waals surface area (Å²) >= 11 is 5.06. The second-order valence-corrected chi connectivity index (χ2v) is 5.39. The van der Waals surface area contributed by atoms with Gasteiger partial charge in [0.25, 0.3) is 11.8 Å².